The number of ether oxygens (including phenoxy) is 1. The summed E-state index contributed by atoms with van der Waals surface area (Å²) in [7, 11) is 0. The van der Waals surface area contributed by atoms with E-state index >= 15 is 0 Å². The average molecular weight is 259 g/mol. The lowest BCUT2D eigenvalue weighted by molar-refractivity contribution is 0.227. The van der Waals surface area contributed by atoms with E-state index < -0.39 is 0 Å². The molecule has 1 aromatic rings. The first kappa shape index (κ1) is 14.1. The SMILES string of the molecule is CCCNCc1cc(C)ccc1OC1C=CCCC1. The Labute approximate surface area is 116 Å². The fourth-order valence-electron chi connectivity index (χ4n) is 2.40. The Morgan fingerprint density at radius 3 is 3.00 bits per heavy atom. The summed E-state index contributed by atoms with van der Waals surface area (Å²) in [6.07, 6.45) is 9.40. The summed E-state index contributed by atoms with van der Waals surface area (Å²) in [5.74, 6) is 1.03. The van der Waals surface area contributed by atoms with Crippen molar-refractivity contribution in [1.29, 1.82) is 0 Å². The lowest BCUT2D eigenvalue weighted by Crippen LogP contribution is -2.19. The molecule has 0 fully saturated rings. The maximum Gasteiger partial charge on any atom is 0.124 e. The minimum atomic E-state index is 0.251. The normalized spacial score (nSPS) is 18.5. The summed E-state index contributed by atoms with van der Waals surface area (Å²) in [4.78, 5) is 0. The first-order valence-corrected chi connectivity index (χ1v) is 7.43. The number of rotatable bonds is 6. The van der Waals surface area contributed by atoms with Crippen LogP contribution in [0.3, 0.4) is 0 Å². The summed E-state index contributed by atoms with van der Waals surface area (Å²) in [6.45, 7) is 6.26. The first-order valence-electron chi connectivity index (χ1n) is 7.43. The Hall–Kier alpha value is -1.28. The number of hydrogen-bond donors (Lipinski definition) is 1. The van der Waals surface area contributed by atoms with Crippen molar-refractivity contribution in [3.05, 3.63) is 41.5 Å². The molecule has 0 saturated heterocycles. The van der Waals surface area contributed by atoms with Crippen LogP contribution < -0.4 is 10.1 Å². The number of allylic oxidation sites excluding steroid dienone is 1. The quantitative estimate of drug-likeness (QED) is 0.616. The van der Waals surface area contributed by atoms with Crippen molar-refractivity contribution >= 4 is 0 Å². The molecule has 0 amide bonds. The molecule has 19 heavy (non-hydrogen) atoms. The van der Waals surface area contributed by atoms with Gasteiger partial charge in [-0.25, -0.2) is 0 Å². The zero-order valence-corrected chi connectivity index (χ0v) is 12.1. The highest BCUT2D eigenvalue weighted by molar-refractivity contribution is 5.37. The zero-order chi connectivity index (χ0) is 13.5. The molecule has 0 bridgehead atoms. The Morgan fingerprint density at radius 1 is 1.37 bits per heavy atom. The molecule has 0 aliphatic heterocycles. The number of aryl methyl sites for hydroxylation is 1. The molecule has 0 radical (unpaired) electrons. The van der Waals surface area contributed by atoms with Gasteiger partial charge in [-0.05, 0) is 51.3 Å². The van der Waals surface area contributed by atoms with Gasteiger partial charge < -0.3 is 10.1 Å². The van der Waals surface area contributed by atoms with E-state index in [1.165, 1.54) is 24.0 Å². The van der Waals surface area contributed by atoms with Crippen molar-refractivity contribution in [2.24, 2.45) is 0 Å². The minimum Gasteiger partial charge on any atom is -0.486 e. The average Bonchev–Trinajstić information content (AvgIpc) is 2.43. The maximum atomic E-state index is 6.15. The van der Waals surface area contributed by atoms with Gasteiger partial charge in [0, 0.05) is 12.1 Å². The van der Waals surface area contributed by atoms with Gasteiger partial charge in [0.1, 0.15) is 11.9 Å². The highest BCUT2D eigenvalue weighted by Gasteiger charge is 2.12. The molecule has 1 aliphatic carbocycles. The number of hydrogen-bond acceptors (Lipinski definition) is 2. The van der Waals surface area contributed by atoms with Crippen LogP contribution in [0, 0.1) is 6.92 Å². The van der Waals surface area contributed by atoms with Crippen LogP contribution in [0.4, 0.5) is 0 Å². The second kappa shape index (κ2) is 7.34. The predicted octanol–water partition coefficient (Wildman–Crippen LogP) is 3.98. The van der Waals surface area contributed by atoms with Gasteiger partial charge in [0.05, 0.1) is 0 Å². The van der Waals surface area contributed by atoms with Crippen LogP contribution in [0.5, 0.6) is 5.75 Å². The smallest absolute Gasteiger partial charge is 0.124 e. The lowest BCUT2D eigenvalue weighted by atomic mass is 10.0. The molecular formula is C17H25NO. The van der Waals surface area contributed by atoms with Crippen LogP contribution >= 0.6 is 0 Å². The van der Waals surface area contributed by atoms with Crippen molar-refractivity contribution in [2.75, 3.05) is 6.54 Å². The van der Waals surface area contributed by atoms with Crippen LogP contribution in [0.2, 0.25) is 0 Å². The highest BCUT2D eigenvalue weighted by Crippen LogP contribution is 2.24. The molecule has 1 atom stereocenters. The van der Waals surface area contributed by atoms with E-state index in [1.807, 2.05) is 0 Å². The third-order valence-corrected chi connectivity index (χ3v) is 3.45. The van der Waals surface area contributed by atoms with Gasteiger partial charge in [0.15, 0.2) is 0 Å². The van der Waals surface area contributed by atoms with Gasteiger partial charge in [0.25, 0.3) is 0 Å². The molecule has 1 N–H and O–H groups in total. The molecule has 0 aromatic heterocycles. The summed E-state index contributed by atoms with van der Waals surface area (Å²) in [5, 5.41) is 3.46. The summed E-state index contributed by atoms with van der Waals surface area (Å²) in [6, 6.07) is 6.47. The van der Waals surface area contributed by atoms with Crippen LogP contribution in [0.1, 0.15) is 43.7 Å². The molecule has 0 spiro atoms. The van der Waals surface area contributed by atoms with E-state index in [0.717, 1.165) is 31.7 Å². The van der Waals surface area contributed by atoms with Gasteiger partial charge in [-0.15, -0.1) is 0 Å². The van der Waals surface area contributed by atoms with Crippen LogP contribution in [0.25, 0.3) is 0 Å². The lowest BCUT2D eigenvalue weighted by Gasteiger charge is -2.21. The van der Waals surface area contributed by atoms with Crippen LogP contribution in [0.15, 0.2) is 30.4 Å². The van der Waals surface area contributed by atoms with Crippen molar-refractivity contribution in [3.8, 4) is 5.75 Å². The van der Waals surface area contributed by atoms with Gasteiger partial charge in [-0.2, -0.15) is 0 Å². The van der Waals surface area contributed by atoms with E-state index in [0.29, 0.717) is 0 Å². The molecular weight excluding hydrogens is 234 g/mol. The highest BCUT2D eigenvalue weighted by atomic mass is 16.5. The zero-order valence-electron chi connectivity index (χ0n) is 12.1. The van der Waals surface area contributed by atoms with Gasteiger partial charge in [0.2, 0.25) is 0 Å². The molecule has 0 saturated carbocycles. The first-order chi connectivity index (χ1) is 9.29. The van der Waals surface area contributed by atoms with Gasteiger partial charge >= 0.3 is 0 Å². The molecule has 1 aromatic carbocycles. The third-order valence-electron chi connectivity index (χ3n) is 3.45. The molecule has 1 aliphatic rings. The van der Waals surface area contributed by atoms with Gasteiger partial charge in [-0.1, -0.05) is 30.7 Å². The Bertz CT molecular complexity index is 425. The molecule has 2 heteroatoms. The summed E-state index contributed by atoms with van der Waals surface area (Å²) >= 11 is 0. The van der Waals surface area contributed by atoms with Crippen LogP contribution in [-0.2, 0) is 6.54 Å². The molecule has 2 rings (SSSR count). The standard InChI is InChI=1S/C17H25NO/c1-3-11-18-13-15-12-14(2)9-10-17(15)19-16-7-5-4-6-8-16/h5,7,9-10,12,16,18H,3-4,6,8,11,13H2,1-2H3. The van der Waals surface area contributed by atoms with Gasteiger partial charge in [-0.3, -0.25) is 0 Å². The van der Waals surface area contributed by atoms with E-state index in [4.69, 9.17) is 4.74 Å². The third kappa shape index (κ3) is 4.39. The van der Waals surface area contributed by atoms with E-state index in [9.17, 15) is 0 Å². The van der Waals surface area contributed by atoms with E-state index in [1.54, 1.807) is 0 Å². The largest absolute Gasteiger partial charge is 0.486 e. The van der Waals surface area contributed by atoms with E-state index in [2.05, 4.69) is 49.5 Å². The molecule has 104 valence electrons. The van der Waals surface area contributed by atoms with Crippen molar-refractivity contribution in [1.82, 2.24) is 5.32 Å². The fraction of sp³-hybridized carbons (Fsp3) is 0.529. The second-order valence-electron chi connectivity index (χ2n) is 5.30. The molecule has 0 heterocycles. The number of nitrogens with one attached hydrogen (secondary N) is 1. The summed E-state index contributed by atoms with van der Waals surface area (Å²) in [5.41, 5.74) is 2.56. The van der Waals surface area contributed by atoms with Crippen molar-refractivity contribution in [2.45, 2.75) is 52.2 Å². The minimum absolute atomic E-state index is 0.251. The fourth-order valence-corrected chi connectivity index (χ4v) is 2.40. The van der Waals surface area contributed by atoms with Crippen molar-refractivity contribution < 1.29 is 4.74 Å². The molecule has 1 unspecified atom stereocenters. The summed E-state index contributed by atoms with van der Waals surface area (Å²) < 4.78 is 6.15. The second-order valence-corrected chi connectivity index (χ2v) is 5.30. The predicted molar refractivity (Wildman–Crippen MR) is 80.6 cm³/mol. The Kier molecular flexibility index (Phi) is 5.46. The maximum absolute atomic E-state index is 6.15. The van der Waals surface area contributed by atoms with Crippen LogP contribution in [-0.4, -0.2) is 12.6 Å². The van der Waals surface area contributed by atoms with E-state index in [-0.39, 0.29) is 6.10 Å². The number of benzene rings is 1. The van der Waals surface area contributed by atoms with Crippen molar-refractivity contribution in [3.63, 3.8) is 0 Å². The topological polar surface area (TPSA) is 21.3 Å². The monoisotopic (exact) mass is 259 g/mol. The molecule has 2 nitrogen and oxygen atoms in total. The Morgan fingerprint density at radius 2 is 2.26 bits per heavy atom. The Balaban J connectivity index is 2.04.